The number of rotatable bonds is 5. The number of hydrogen-bond donors (Lipinski definition) is 1. The molecular formula is C11H18N2O2. The van der Waals surface area contributed by atoms with E-state index in [1.807, 2.05) is 26.0 Å². The molecule has 15 heavy (non-hydrogen) atoms. The van der Waals surface area contributed by atoms with E-state index in [1.165, 1.54) is 0 Å². The summed E-state index contributed by atoms with van der Waals surface area (Å²) in [4.78, 5) is 13.2. The van der Waals surface area contributed by atoms with Crippen LogP contribution in [0.1, 0.15) is 19.6 Å². The first-order chi connectivity index (χ1) is 7.09. The zero-order valence-electron chi connectivity index (χ0n) is 9.49. The molecular weight excluding hydrogens is 192 g/mol. The summed E-state index contributed by atoms with van der Waals surface area (Å²) in [6, 6.07) is 4.01. The van der Waals surface area contributed by atoms with Crippen LogP contribution >= 0.6 is 0 Å². The molecule has 1 amide bonds. The van der Waals surface area contributed by atoms with Crippen molar-refractivity contribution in [1.29, 1.82) is 0 Å². The second-order valence-electron chi connectivity index (χ2n) is 3.86. The number of amides is 1. The first-order valence-corrected chi connectivity index (χ1v) is 5.09. The lowest BCUT2D eigenvalue weighted by Gasteiger charge is -2.17. The summed E-state index contributed by atoms with van der Waals surface area (Å²) in [6.45, 7) is 4.92. The van der Waals surface area contributed by atoms with Gasteiger partial charge in [-0.1, -0.05) is 13.8 Å². The fourth-order valence-corrected chi connectivity index (χ4v) is 1.15. The second kappa shape index (κ2) is 5.56. The van der Waals surface area contributed by atoms with Crippen LogP contribution in [0, 0.1) is 0 Å². The van der Waals surface area contributed by atoms with Crippen molar-refractivity contribution in [2.75, 3.05) is 13.6 Å². The normalized spacial score (nSPS) is 10.7. The minimum Gasteiger partial charge on any atom is -0.467 e. The molecule has 4 heteroatoms. The molecule has 0 atom stereocenters. The maximum absolute atomic E-state index is 11.6. The van der Waals surface area contributed by atoms with Crippen molar-refractivity contribution < 1.29 is 9.21 Å². The van der Waals surface area contributed by atoms with Gasteiger partial charge in [0.25, 0.3) is 0 Å². The molecule has 0 aromatic carbocycles. The molecule has 0 bridgehead atoms. The molecule has 1 aromatic heterocycles. The SMILES string of the molecule is CC(C)NCC(=O)N(C)Cc1ccco1. The highest BCUT2D eigenvalue weighted by atomic mass is 16.3. The van der Waals surface area contributed by atoms with Crippen molar-refractivity contribution in [3.05, 3.63) is 24.2 Å². The molecule has 0 spiro atoms. The van der Waals surface area contributed by atoms with E-state index in [0.717, 1.165) is 5.76 Å². The van der Waals surface area contributed by atoms with Crippen LogP contribution in [-0.4, -0.2) is 30.4 Å². The molecule has 0 aliphatic carbocycles. The highest BCUT2D eigenvalue weighted by Crippen LogP contribution is 2.03. The van der Waals surface area contributed by atoms with Gasteiger partial charge in [-0.15, -0.1) is 0 Å². The number of hydrogen-bond acceptors (Lipinski definition) is 3. The van der Waals surface area contributed by atoms with Crippen LogP contribution in [-0.2, 0) is 11.3 Å². The van der Waals surface area contributed by atoms with Gasteiger partial charge in [0.2, 0.25) is 5.91 Å². The molecule has 0 radical (unpaired) electrons. The third kappa shape index (κ3) is 4.16. The summed E-state index contributed by atoms with van der Waals surface area (Å²) in [6.07, 6.45) is 1.61. The Hall–Kier alpha value is -1.29. The molecule has 4 nitrogen and oxygen atoms in total. The van der Waals surface area contributed by atoms with E-state index in [-0.39, 0.29) is 5.91 Å². The number of likely N-dealkylation sites (N-methyl/N-ethyl adjacent to an activating group) is 1. The van der Waals surface area contributed by atoms with Gasteiger partial charge in [-0.05, 0) is 12.1 Å². The van der Waals surface area contributed by atoms with E-state index in [9.17, 15) is 4.79 Å². The van der Waals surface area contributed by atoms with Gasteiger partial charge >= 0.3 is 0 Å². The molecule has 0 saturated carbocycles. The lowest BCUT2D eigenvalue weighted by Crippen LogP contribution is -2.37. The Balaban J connectivity index is 2.33. The van der Waals surface area contributed by atoms with Gasteiger partial charge < -0.3 is 14.6 Å². The molecule has 0 unspecified atom stereocenters. The van der Waals surface area contributed by atoms with Gasteiger partial charge in [0.15, 0.2) is 0 Å². The number of nitrogens with one attached hydrogen (secondary N) is 1. The van der Waals surface area contributed by atoms with Crippen LogP contribution < -0.4 is 5.32 Å². The average molecular weight is 210 g/mol. The lowest BCUT2D eigenvalue weighted by atomic mass is 10.3. The van der Waals surface area contributed by atoms with Crippen LogP contribution in [0.3, 0.4) is 0 Å². The number of carbonyl (C=O) groups is 1. The molecule has 1 N–H and O–H groups in total. The summed E-state index contributed by atoms with van der Waals surface area (Å²) < 4.78 is 5.17. The lowest BCUT2D eigenvalue weighted by molar-refractivity contribution is -0.129. The third-order valence-electron chi connectivity index (χ3n) is 2.06. The van der Waals surface area contributed by atoms with Gasteiger partial charge in [-0.2, -0.15) is 0 Å². The van der Waals surface area contributed by atoms with Crippen LogP contribution in [0.25, 0.3) is 0 Å². The van der Waals surface area contributed by atoms with E-state index in [4.69, 9.17) is 4.42 Å². The average Bonchev–Trinajstić information content (AvgIpc) is 2.66. The highest BCUT2D eigenvalue weighted by Gasteiger charge is 2.10. The van der Waals surface area contributed by atoms with Crippen LogP contribution in [0.2, 0.25) is 0 Å². The highest BCUT2D eigenvalue weighted by molar-refractivity contribution is 5.77. The molecule has 0 saturated heterocycles. The van der Waals surface area contributed by atoms with Crippen molar-refractivity contribution in [1.82, 2.24) is 10.2 Å². The van der Waals surface area contributed by atoms with E-state index in [1.54, 1.807) is 18.2 Å². The van der Waals surface area contributed by atoms with Gasteiger partial charge in [0.1, 0.15) is 5.76 Å². The molecule has 1 rings (SSSR count). The predicted octanol–water partition coefficient (Wildman–Crippen LogP) is 1.24. The maximum atomic E-state index is 11.6. The Kier molecular flexibility index (Phi) is 4.37. The van der Waals surface area contributed by atoms with E-state index < -0.39 is 0 Å². The molecule has 0 fully saturated rings. The Morgan fingerprint density at radius 3 is 2.87 bits per heavy atom. The Morgan fingerprint density at radius 2 is 2.33 bits per heavy atom. The Bertz CT molecular complexity index is 294. The zero-order chi connectivity index (χ0) is 11.3. The molecule has 84 valence electrons. The number of nitrogens with zero attached hydrogens (tertiary/aromatic N) is 1. The third-order valence-corrected chi connectivity index (χ3v) is 2.06. The summed E-state index contributed by atoms with van der Waals surface area (Å²) >= 11 is 0. The standard InChI is InChI=1S/C11H18N2O2/c1-9(2)12-7-11(14)13(3)8-10-5-4-6-15-10/h4-6,9,12H,7-8H2,1-3H3. The second-order valence-corrected chi connectivity index (χ2v) is 3.86. The minimum atomic E-state index is 0.0695. The summed E-state index contributed by atoms with van der Waals surface area (Å²) in [5, 5.41) is 3.08. The van der Waals surface area contributed by atoms with Gasteiger partial charge in [-0.3, -0.25) is 4.79 Å². The quantitative estimate of drug-likeness (QED) is 0.795. The van der Waals surface area contributed by atoms with Crippen molar-refractivity contribution in [2.24, 2.45) is 0 Å². The topological polar surface area (TPSA) is 45.5 Å². The van der Waals surface area contributed by atoms with Crippen molar-refractivity contribution in [2.45, 2.75) is 26.4 Å². The number of carbonyl (C=O) groups excluding carboxylic acids is 1. The smallest absolute Gasteiger partial charge is 0.236 e. The molecule has 1 heterocycles. The predicted molar refractivity (Wildman–Crippen MR) is 58.3 cm³/mol. The zero-order valence-corrected chi connectivity index (χ0v) is 9.49. The van der Waals surface area contributed by atoms with Crippen molar-refractivity contribution in [3.63, 3.8) is 0 Å². The van der Waals surface area contributed by atoms with Crippen LogP contribution in [0.4, 0.5) is 0 Å². The first kappa shape index (κ1) is 11.8. The number of furan rings is 1. The van der Waals surface area contributed by atoms with E-state index in [2.05, 4.69) is 5.32 Å². The van der Waals surface area contributed by atoms with E-state index >= 15 is 0 Å². The fraction of sp³-hybridized carbons (Fsp3) is 0.545. The van der Waals surface area contributed by atoms with Gasteiger partial charge in [0.05, 0.1) is 19.4 Å². The summed E-state index contributed by atoms with van der Waals surface area (Å²) in [7, 11) is 1.77. The van der Waals surface area contributed by atoms with Crippen molar-refractivity contribution in [3.8, 4) is 0 Å². The molecule has 1 aromatic rings. The monoisotopic (exact) mass is 210 g/mol. The largest absolute Gasteiger partial charge is 0.467 e. The molecule has 0 aliphatic heterocycles. The summed E-state index contributed by atoms with van der Waals surface area (Å²) in [5.41, 5.74) is 0. The Morgan fingerprint density at radius 1 is 1.60 bits per heavy atom. The summed E-state index contributed by atoms with van der Waals surface area (Å²) in [5.74, 6) is 0.871. The molecule has 0 aliphatic rings. The Labute approximate surface area is 90.3 Å². The van der Waals surface area contributed by atoms with E-state index in [0.29, 0.717) is 19.1 Å². The van der Waals surface area contributed by atoms with Crippen molar-refractivity contribution >= 4 is 5.91 Å². The van der Waals surface area contributed by atoms with Crippen LogP contribution in [0.5, 0.6) is 0 Å². The van der Waals surface area contributed by atoms with Crippen LogP contribution in [0.15, 0.2) is 22.8 Å². The minimum absolute atomic E-state index is 0.0695. The van der Waals surface area contributed by atoms with Gasteiger partial charge in [0, 0.05) is 13.1 Å². The van der Waals surface area contributed by atoms with Gasteiger partial charge in [-0.25, -0.2) is 0 Å². The maximum Gasteiger partial charge on any atom is 0.236 e. The fourth-order valence-electron chi connectivity index (χ4n) is 1.15. The first-order valence-electron chi connectivity index (χ1n) is 5.09.